The fourth-order valence-corrected chi connectivity index (χ4v) is 2.23. The molecule has 0 spiro atoms. The first-order valence-corrected chi connectivity index (χ1v) is 6.10. The Hall–Kier alpha value is -1.60. The third-order valence-electron chi connectivity index (χ3n) is 2.19. The van der Waals surface area contributed by atoms with Crippen molar-refractivity contribution in [3.63, 3.8) is 0 Å². The van der Waals surface area contributed by atoms with E-state index in [4.69, 9.17) is 5.73 Å². The zero-order valence-electron chi connectivity index (χ0n) is 9.46. The summed E-state index contributed by atoms with van der Waals surface area (Å²) < 4.78 is 1.57. The van der Waals surface area contributed by atoms with E-state index >= 15 is 0 Å². The highest BCUT2D eigenvalue weighted by molar-refractivity contribution is 7.09. The second kappa shape index (κ2) is 5.15. The van der Waals surface area contributed by atoms with Crippen LogP contribution < -0.4 is 5.73 Å². The number of hydrogen-bond donors (Lipinski definition) is 1. The number of Topliss-reactive ketones (excluding diaryl/α,β-unsaturated/α-hetero) is 1. The maximum Gasteiger partial charge on any atom is 0.188 e. The second-order valence-electron chi connectivity index (χ2n) is 3.65. The summed E-state index contributed by atoms with van der Waals surface area (Å²) in [6, 6.07) is 0. The van der Waals surface area contributed by atoms with Gasteiger partial charge in [-0.15, -0.1) is 16.4 Å². The maximum atomic E-state index is 11.9. The van der Waals surface area contributed by atoms with Crippen LogP contribution in [0.1, 0.15) is 21.2 Å². The molecule has 6 nitrogen and oxygen atoms in total. The fraction of sp³-hybridized carbons (Fsp3) is 0.400. The van der Waals surface area contributed by atoms with Crippen molar-refractivity contribution in [1.29, 1.82) is 0 Å². The van der Waals surface area contributed by atoms with Crippen molar-refractivity contribution in [2.75, 3.05) is 6.54 Å². The molecule has 0 amide bonds. The van der Waals surface area contributed by atoms with Crippen LogP contribution in [0.4, 0.5) is 0 Å². The normalized spacial score (nSPS) is 10.7. The molecule has 2 aromatic heterocycles. The van der Waals surface area contributed by atoms with Gasteiger partial charge >= 0.3 is 0 Å². The predicted molar refractivity (Wildman–Crippen MR) is 63.9 cm³/mol. The lowest BCUT2D eigenvalue weighted by Gasteiger charge is -1.92. The van der Waals surface area contributed by atoms with Crippen molar-refractivity contribution in [1.82, 2.24) is 20.0 Å². The van der Waals surface area contributed by atoms with Crippen LogP contribution in [0.15, 0.2) is 11.6 Å². The standard InChI is InChI=1S/C10H13N5OS/c1-15-5-7(13-14-15)4-9(16)8-6-17-10(12-8)2-3-11/h5-6H,2-4,11H2,1H3. The van der Waals surface area contributed by atoms with Crippen LogP contribution in [-0.2, 0) is 19.9 Å². The number of hydrogen-bond acceptors (Lipinski definition) is 6. The first kappa shape index (κ1) is 11.9. The van der Waals surface area contributed by atoms with Crippen molar-refractivity contribution in [3.8, 4) is 0 Å². The van der Waals surface area contributed by atoms with Gasteiger partial charge in [0, 0.05) is 25.0 Å². The third-order valence-corrected chi connectivity index (χ3v) is 3.10. The molecule has 0 saturated heterocycles. The number of aromatic nitrogens is 4. The van der Waals surface area contributed by atoms with Crippen molar-refractivity contribution in [2.24, 2.45) is 12.8 Å². The fourth-order valence-electron chi connectivity index (χ4n) is 1.41. The lowest BCUT2D eigenvalue weighted by atomic mass is 10.2. The van der Waals surface area contributed by atoms with Crippen LogP contribution >= 0.6 is 11.3 Å². The van der Waals surface area contributed by atoms with E-state index in [0.717, 1.165) is 5.01 Å². The van der Waals surface area contributed by atoms with Crippen molar-refractivity contribution in [3.05, 3.63) is 28.0 Å². The largest absolute Gasteiger partial charge is 0.330 e. The summed E-state index contributed by atoms with van der Waals surface area (Å²) >= 11 is 1.47. The number of nitrogens with zero attached hydrogens (tertiary/aromatic N) is 4. The van der Waals surface area contributed by atoms with Gasteiger partial charge in [0.1, 0.15) is 5.69 Å². The minimum atomic E-state index is -0.0370. The Balaban J connectivity index is 2.03. The van der Waals surface area contributed by atoms with E-state index < -0.39 is 0 Å². The maximum absolute atomic E-state index is 11.9. The molecule has 0 bridgehead atoms. The van der Waals surface area contributed by atoms with Gasteiger partial charge in [-0.1, -0.05) is 5.21 Å². The van der Waals surface area contributed by atoms with Crippen LogP contribution in [0.3, 0.4) is 0 Å². The minimum absolute atomic E-state index is 0.0370. The summed E-state index contributed by atoms with van der Waals surface area (Å²) in [6.45, 7) is 0.547. The second-order valence-corrected chi connectivity index (χ2v) is 4.59. The molecule has 0 saturated carbocycles. The molecule has 2 heterocycles. The van der Waals surface area contributed by atoms with E-state index in [1.54, 1.807) is 23.3 Å². The molecular formula is C10H13N5OS. The quantitative estimate of drug-likeness (QED) is 0.767. The van der Waals surface area contributed by atoms with Gasteiger partial charge in [-0.25, -0.2) is 4.98 Å². The van der Waals surface area contributed by atoms with Crippen LogP contribution in [0.2, 0.25) is 0 Å². The Morgan fingerprint density at radius 3 is 3.06 bits per heavy atom. The molecule has 17 heavy (non-hydrogen) atoms. The van der Waals surface area contributed by atoms with E-state index in [9.17, 15) is 4.79 Å². The Kier molecular flexibility index (Phi) is 3.60. The summed E-state index contributed by atoms with van der Waals surface area (Å²) in [5, 5.41) is 10.3. The summed E-state index contributed by atoms with van der Waals surface area (Å²) in [7, 11) is 1.77. The van der Waals surface area contributed by atoms with Crippen LogP contribution in [-0.4, -0.2) is 32.3 Å². The van der Waals surface area contributed by atoms with Gasteiger partial charge in [0.15, 0.2) is 5.78 Å². The van der Waals surface area contributed by atoms with Crippen molar-refractivity contribution >= 4 is 17.1 Å². The Labute approximate surface area is 102 Å². The van der Waals surface area contributed by atoms with Gasteiger partial charge in [0.2, 0.25) is 0 Å². The zero-order valence-corrected chi connectivity index (χ0v) is 10.3. The van der Waals surface area contributed by atoms with Gasteiger partial charge in [-0.3, -0.25) is 9.48 Å². The molecule has 0 aliphatic carbocycles. The summed E-state index contributed by atoms with van der Waals surface area (Å²) in [6.07, 6.45) is 2.67. The SMILES string of the molecule is Cn1cc(CC(=O)c2csc(CCN)n2)nn1. The summed E-state index contributed by atoms with van der Waals surface area (Å²) in [4.78, 5) is 16.1. The summed E-state index contributed by atoms with van der Waals surface area (Å²) in [5.41, 5.74) is 6.58. The van der Waals surface area contributed by atoms with Gasteiger partial charge in [0.25, 0.3) is 0 Å². The molecule has 0 aliphatic rings. The molecule has 2 N–H and O–H groups in total. The van der Waals surface area contributed by atoms with Gasteiger partial charge in [-0.2, -0.15) is 0 Å². The Morgan fingerprint density at radius 1 is 1.59 bits per heavy atom. The monoisotopic (exact) mass is 251 g/mol. The van der Waals surface area contributed by atoms with Gasteiger partial charge in [0.05, 0.1) is 17.1 Å². The number of rotatable bonds is 5. The number of nitrogens with two attached hydrogens (primary N) is 1. The van der Waals surface area contributed by atoms with E-state index in [-0.39, 0.29) is 12.2 Å². The molecule has 2 aromatic rings. The highest BCUT2D eigenvalue weighted by atomic mass is 32.1. The molecule has 90 valence electrons. The van der Waals surface area contributed by atoms with Crippen LogP contribution in [0.25, 0.3) is 0 Å². The molecular weight excluding hydrogens is 238 g/mol. The zero-order chi connectivity index (χ0) is 12.3. The van der Waals surface area contributed by atoms with Gasteiger partial charge < -0.3 is 5.73 Å². The number of thiazole rings is 1. The molecule has 0 atom stereocenters. The highest BCUT2D eigenvalue weighted by Gasteiger charge is 2.13. The predicted octanol–water partition coefficient (Wildman–Crippen LogP) is 0.198. The third kappa shape index (κ3) is 2.95. The number of aryl methyl sites for hydroxylation is 1. The summed E-state index contributed by atoms with van der Waals surface area (Å²) in [5.74, 6) is -0.0370. The van der Waals surface area contributed by atoms with Crippen molar-refractivity contribution < 1.29 is 4.79 Å². The number of ketones is 1. The molecule has 0 aliphatic heterocycles. The average molecular weight is 251 g/mol. The number of carbonyl (C=O) groups is 1. The molecule has 0 fully saturated rings. The first-order valence-electron chi connectivity index (χ1n) is 5.22. The van der Waals surface area contributed by atoms with Gasteiger partial charge in [-0.05, 0) is 6.54 Å². The van der Waals surface area contributed by atoms with E-state index in [1.165, 1.54) is 11.3 Å². The van der Waals surface area contributed by atoms with E-state index in [1.807, 2.05) is 0 Å². The van der Waals surface area contributed by atoms with E-state index in [2.05, 4.69) is 15.3 Å². The topological polar surface area (TPSA) is 86.7 Å². The average Bonchev–Trinajstić information content (AvgIpc) is 2.88. The lowest BCUT2D eigenvalue weighted by molar-refractivity contribution is 0.0987. The Morgan fingerprint density at radius 2 is 2.41 bits per heavy atom. The van der Waals surface area contributed by atoms with Crippen molar-refractivity contribution in [2.45, 2.75) is 12.8 Å². The van der Waals surface area contributed by atoms with Crippen LogP contribution in [0, 0.1) is 0 Å². The van der Waals surface area contributed by atoms with E-state index in [0.29, 0.717) is 24.4 Å². The molecule has 0 aromatic carbocycles. The molecule has 0 unspecified atom stereocenters. The molecule has 2 rings (SSSR count). The molecule has 7 heteroatoms. The molecule has 0 radical (unpaired) electrons. The Bertz CT molecular complexity index is 518. The minimum Gasteiger partial charge on any atom is -0.330 e. The van der Waals surface area contributed by atoms with Crippen LogP contribution in [0.5, 0.6) is 0 Å². The number of carbonyl (C=O) groups excluding carboxylic acids is 1. The lowest BCUT2D eigenvalue weighted by Crippen LogP contribution is -2.06. The first-order chi connectivity index (χ1) is 8.19. The highest BCUT2D eigenvalue weighted by Crippen LogP contribution is 2.12. The smallest absolute Gasteiger partial charge is 0.188 e.